The number of ether oxygens (including phenoxy) is 2. The van der Waals surface area contributed by atoms with Crippen LogP contribution in [0.2, 0.25) is 0 Å². The van der Waals surface area contributed by atoms with Crippen molar-refractivity contribution in [3.05, 3.63) is 47.2 Å². The van der Waals surface area contributed by atoms with Crippen molar-refractivity contribution < 1.29 is 13.9 Å². The summed E-state index contributed by atoms with van der Waals surface area (Å²) in [5, 5.41) is 6.58. The van der Waals surface area contributed by atoms with Crippen molar-refractivity contribution in [1.82, 2.24) is 15.6 Å². The molecule has 0 aliphatic carbocycles. The third kappa shape index (κ3) is 5.97. The number of rotatable bonds is 6. The van der Waals surface area contributed by atoms with E-state index in [9.17, 15) is 0 Å². The Morgan fingerprint density at radius 3 is 2.72 bits per heavy atom. The van der Waals surface area contributed by atoms with Crippen LogP contribution in [0.5, 0.6) is 5.75 Å². The van der Waals surface area contributed by atoms with E-state index >= 15 is 0 Å². The minimum atomic E-state index is -0.0582. The lowest BCUT2D eigenvalue weighted by Crippen LogP contribution is -2.36. The van der Waals surface area contributed by atoms with Crippen LogP contribution < -0.4 is 15.4 Å². The molecular weight excluding hydrogens is 368 g/mol. The van der Waals surface area contributed by atoms with Gasteiger partial charge < -0.3 is 24.5 Å². The predicted molar refractivity (Wildman–Crippen MR) is 113 cm³/mol. The Balaban J connectivity index is 1.57. The summed E-state index contributed by atoms with van der Waals surface area (Å²) in [4.78, 5) is 8.63. The van der Waals surface area contributed by atoms with Gasteiger partial charge in [-0.15, -0.1) is 0 Å². The second-order valence-electron chi connectivity index (χ2n) is 8.36. The quantitative estimate of drug-likeness (QED) is 0.572. The van der Waals surface area contributed by atoms with Gasteiger partial charge in [-0.1, -0.05) is 32.9 Å². The third-order valence-electron chi connectivity index (χ3n) is 4.77. The standard InChI is InChI=1S/C22H32N4O3/c1-15-6-7-16(18(10-15)28-17-8-9-27-14-17)11-25-21(23-5)26-13-20-24-12-19(29-20)22(2,3)4/h6-7,10,12,17H,8-9,11,13-14H2,1-5H3,(H2,23,25,26). The summed E-state index contributed by atoms with van der Waals surface area (Å²) in [5.41, 5.74) is 2.19. The first-order valence-electron chi connectivity index (χ1n) is 10.1. The summed E-state index contributed by atoms with van der Waals surface area (Å²) in [5.74, 6) is 3.08. The van der Waals surface area contributed by atoms with Crippen LogP contribution in [-0.2, 0) is 23.2 Å². The van der Waals surface area contributed by atoms with Gasteiger partial charge in [0.2, 0.25) is 5.89 Å². The van der Waals surface area contributed by atoms with Crippen molar-refractivity contribution >= 4 is 5.96 Å². The fourth-order valence-electron chi connectivity index (χ4n) is 3.00. The number of aliphatic imine (C=N–C) groups is 1. The Morgan fingerprint density at radius 2 is 2.07 bits per heavy atom. The molecule has 0 saturated carbocycles. The molecule has 1 unspecified atom stereocenters. The molecule has 1 fully saturated rings. The van der Waals surface area contributed by atoms with Gasteiger partial charge in [-0.2, -0.15) is 0 Å². The lowest BCUT2D eigenvalue weighted by atomic mass is 9.94. The minimum Gasteiger partial charge on any atom is -0.488 e. The third-order valence-corrected chi connectivity index (χ3v) is 4.77. The fourth-order valence-corrected chi connectivity index (χ4v) is 3.00. The van der Waals surface area contributed by atoms with Gasteiger partial charge in [0.1, 0.15) is 17.6 Å². The van der Waals surface area contributed by atoms with Gasteiger partial charge in [-0.3, -0.25) is 4.99 Å². The van der Waals surface area contributed by atoms with Crippen molar-refractivity contribution in [3.8, 4) is 5.75 Å². The molecule has 1 saturated heterocycles. The van der Waals surface area contributed by atoms with Crippen LogP contribution >= 0.6 is 0 Å². The van der Waals surface area contributed by atoms with Gasteiger partial charge in [-0.25, -0.2) is 4.98 Å². The average molecular weight is 401 g/mol. The first-order valence-corrected chi connectivity index (χ1v) is 10.1. The van der Waals surface area contributed by atoms with E-state index in [0.29, 0.717) is 31.5 Å². The van der Waals surface area contributed by atoms with Crippen LogP contribution in [0.15, 0.2) is 33.8 Å². The molecule has 2 heterocycles. The maximum absolute atomic E-state index is 6.17. The molecule has 1 aromatic heterocycles. The Kier molecular flexibility index (Phi) is 6.79. The molecule has 0 spiro atoms. The molecular formula is C22H32N4O3. The molecule has 7 nitrogen and oxygen atoms in total. The van der Waals surface area contributed by atoms with Crippen LogP contribution in [0, 0.1) is 6.92 Å². The Labute approximate surface area is 172 Å². The van der Waals surface area contributed by atoms with Gasteiger partial charge in [0.15, 0.2) is 5.96 Å². The molecule has 1 aliphatic rings. The summed E-state index contributed by atoms with van der Waals surface area (Å²) >= 11 is 0. The summed E-state index contributed by atoms with van der Waals surface area (Å²) in [6.07, 6.45) is 2.84. The highest BCUT2D eigenvalue weighted by molar-refractivity contribution is 5.79. The summed E-state index contributed by atoms with van der Waals surface area (Å²) in [6, 6.07) is 6.25. The zero-order valence-corrected chi connectivity index (χ0v) is 18.0. The second-order valence-corrected chi connectivity index (χ2v) is 8.36. The van der Waals surface area contributed by atoms with Crippen molar-refractivity contribution in [3.63, 3.8) is 0 Å². The average Bonchev–Trinajstić information content (AvgIpc) is 3.35. The van der Waals surface area contributed by atoms with Gasteiger partial charge in [0.05, 0.1) is 26.0 Å². The summed E-state index contributed by atoms with van der Waals surface area (Å²) in [7, 11) is 1.74. The van der Waals surface area contributed by atoms with Crippen molar-refractivity contribution in [2.75, 3.05) is 20.3 Å². The Bertz CT molecular complexity index is 833. The number of aromatic nitrogens is 1. The number of hydrogen-bond acceptors (Lipinski definition) is 5. The van der Waals surface area contributed by atoms with Gasteiger partial charge in [0, 0.05) is 31.0 Å². The largest absolute Gasteiger partial charge is 0.488 e. The number of oxazole rings is 1. The van der Waals surface area contributed by atoms with Crippen LogP contribution in [0.1, 0.15) is 50.0 Å². The number of nitrogens with one attached hydrogen (secondary N) is 2. The maximum Gasteiger partial charge on any atom is 0.213 e. The van der Waals surface area contributed by atoms with E-state index in [1.54, 1.807) is 13.2 Å². The smallest absolute Gasteiger partial charge is 0.213 e. The van der Waals surface area contributed by atoms with E-state index in [0.717, 1.165) is 30.1 Å². The Morgan fingerprint density at radius 1 is 1.28 bits per heavy atom. The van der Waals surface area contributed by atoms with E-state index in [1.165, 1.54) is 5.56 Å². The zero-order valence-electron chi connectivity index (χ0n) is 18.0. The molecule has 0 radical (unpaired) electrons. The molecule has 3 rings (SSSR count). The van der Waals surface area contributed by atoms with Crippen molar-refractivity contribution in [2.45, 2.75) is 58.7 Å². The molecule has 0 bridgehead atoms. The summed E-state index contributed by atoms with van der Waals surface area (Å²) in [6.45, 7) is 10.8. The first-order chi connectivity index (χ1) is 13.8. The van der Waals surface area contributed by atoms with Gasteiger partial charge in [0.25, 0.3) is 0 Å². The SMILES string of the molecule is CN=C(NCc1ncc(C(C)(C)C)o1)NCc1ccc(C)cc1OC1CCOC1. The van der Waals surface area contributed by atoms with Crippen LogP contribution in [-0.4, -0.2) is 37.3 Å². The van der Waals surface area contributed by atoms with E-state index < -0.39 is 0 Å². The topological polar surface area (TPSA) is 80.9 Å². The number of guanidine groups is 1. The Hall–Kier alpha value is -2.54. The minimum absolute atomic E-state index is 0.0582. The molecule has 29 heavy (non-hydrogen) atoms. The van der Waals surface area contributed by atoms with Crippen molar-refractivity contribution in [1.29, 1.82) is 0 Å². The van der Waals surface area contributed by atoms with E-state index in [2.05, 4.69) is 66.5 Å². The summed E-state index contributed by atoms with van der Waals surface area (Å²) < 4.78 is 17.4. The molecule has 0 amide bonds. The number of hydrogen-bond donors (Lipinski definition) is 2. The molecule has 1 aliphatic heterocycles. The van der Waals surface area contributed by atoms with E-state index in [1.807, 2.05) is 0 Å². The van der Waals surface area contributed by atoms with E-state index in [4.69, 9.17) is 13.9 Å². The van der Waals surface area contributed by atoms with Crippen LogP contribution in [0.3, 0.4) is 0 Å². The van der Waals surface area contributed by atoms with E-state index in [-0.39, 0.29) is 11.5 Å². The molecule has 158 valence electrons. The predicted octanol–water partition coefficient (Wildman–Crippen LogP) is 3.31. The van der Waals surface area contributed by atoms with Crippen LogP contribution in [0.4, 0.5) is 0 Å². The monoisotopic (exact) mass is 400 g/mol. The molecule has 2 aromatic rings. The molecule has 1 atom stereocenters. The van der Waals surface area contributed by atoms with Crippen LogP contribution in [0.25, 0.3) is 0 Å². The first kappa shape index (κ1) is 21.2. The van der Waals surface area contributed by atoms with Gasteiger partial charge >= 0.3 is 0 Å². The van der Waals surface area contributed by atoms with Gasteiger partial charge in [-0.05, 0) is 18.6 Å². The molecule has 7 heteroatoms. The number of benzene rings is 1. The fraction of sp³-hybridized carbons (Fsp3) is 0.545. The normalized spacial score (nSPS) is 17.4. The molecule has 1 aromatic carbocycles. The highest BCUT2D eigenvalue weighted by Gasteiger charge is 2.20. The lowest BCUT2D eigenvalue weighted by molar-refractivity contribution is 0.140. The number of aryl methyl sites for hydroxylation is 1. The zero-order chi connectivity index (χ0) is 20.9. The highest BCUT2D eigenvalue weighted by Crippen LogP contribution is 2.24. The maximum atomic E-state index is 6.17. The second kappa shape index (κ2) is 9.31. The van der Waals surface area contributed by atoms with Crippen molar-refractivity contribution in [2.24, 2.45) is 4.99 Å². The molecule has 2 N–H and O–H groups in total. The highest BCUT2D eigenvalue weighted by atomic mass is 16.5. The number of nitrogens with zero attached hydrogens (tertiary/aromatic N) is 2. The lowest BCUT2D eigenvalue weighted by Gasteiger charge is -2.18.